The predicted octanol–water partition coefficient (Wildman–Crippen LogP) is 5.27. The number of fused-ring (bicyclic) bond motifs is 1. The molecule has 0 unspecified atom stereocenters. The minimum atomic E-state index is -1.20. The van der Waals surface area contributed by atoms with E-state index in [4.69, 9.17) is 4.74 Å². The molecule has 10 heteroatoms. The lowest BCUT2D eigenvalue weighted by molar-refractivity contribution is 0.0895. The van der Waals surface area contributed by atoms with Crippen molar-refractivity contribution in [2.45, 2.75) is 77.5 Å². The second kappa shape index (κ2) is 8.54. The van der Waals surface area contributed by atoms with Crippen molar-refractivity contribution in [3.8, 4) is 6.07 Å². The van der Waals surface area contributed by atoms with Crippen molar-refractivity contribution in [2.75, 3.05) is 11.9 Å². The fraction of sp³-hybridized carbons (Fsp3) is 0.565. The zero-order valence-electron chi connectivity index (χ0n) is 20.2. The summed E-state index contributed by atoms with van der Waals surface area (Å²) >= 11 is 0. The van der Waals surface area contributed by atoms with Crippen LogP contribution in [0.5, 0.6) is 0 Å². The summed E-state index contributed by atoms with van der Waals surface area (Å²) in [6.07, 6.45) is 5.23. The van der Waals surface area contributed by atoms with Crippen LogP contribution in [0.1, 0.15) is 44.0 Å². The number of halogens is 1. The van der Waals surface area contributed by atoms with Crippen LogP contribution in [-0.4, -0.2) is 39.0 Å². The number of nitrogens with one attached hydrogen (secondary N) is 1. The molecular formula is C23H32FN7OSi. The molecule has 0 atom stereocenters. The summed E-state index contributed by atoms with van der Waals surface area (Å²) < 4.78 is 24.2. The average molecular weight is 470 g/mol. The van der Waals surface area contributed by atoms with Gasteiger partial charge in [-0.25, -0.2) is 9.37 Å². The van der Waals surface area contributed by atoms with Crippen LogP contribution in [-0.2, 0) is 17.0 Å². The van der Waals surface area contributed by atoms with Crippen molar-refractivity contribution in [1.29, 1.82) is 5.26 Å². The largest absolute Gasteiger partial charge is 0.361 e. The Morgan fingerprint density at radius 2 is 2.00 bits per heavy atom. The van der Waals surface area contributed by atoms with Crippen LogP contribution in [0.2, 0.25) is 25.7 Å². The summed E-state index contributed by atoms with van der Waals surface area (Å²) in [5.74, 6) is 0.325. The molecule has 0 aliphatic heterocycles. The number of aryl methyl sites for hydroxylation is 1. The van der Waals surface area contributed by atoms with Crippen LogP contribution in [0.15, 0.2) is 12.4 Å². The monoisotopic (exact) mass is 469 g/mol. The Balaban J connectivity index is 1.65. The highest BCUT2D eigenvalue weighted by atomic mass is 28.3. The van der Waals surface area contributed by atoms with Gasteiger partial charge in [0.05, 0.1) is 34.7 Å². The highest BCUT2D eigenvalue weighted by Crippen LogP contribution is 2.43. The maximum Gasteiger partial charge on any atom is 0.229 e. The first-order chi connectivity index (χ1) is 15.5. The fourth-order valence-electron chi connectivity index (χ4n) is 3.55. The Hall–Kier alpha value is -2.77. The van der Waals surface area contributed by atoms with E-state index in [-0.39, 0.29) is 18.5 Å². The van der Waals surface area contributed by atoms with Crippen molar-refractivity contribution in [1.82, 2.24) is 24.3 Å². The quantitative estimate of drug-likeness (QED) is 0.339. The molecule has 1 N–H and O–H groups in total. The molecular weight excluding hydrogens is 437 g/mol. The molecule has 0 spiro atoms. The number of rotatable bonds is 9. The zero-order valence-corrected chi connectivity index (χ0v) is 21.2. The third-order valence-electron chi connectivity index (χ3n) is 5.88. The first-order valence-corrected chi connectivity index (χ1v) is 15.1. The van der Waals surface area contributed by atoms with E-state index in [1.54, 1.807) is 29.3 Å². The van der Waals surface area contributed by atoms with Gasteiger partial charge in [0, 0.05) is 26.8 Å². The first-order valence-electron chi connectivity index (χ1n) is 11.4. The van der Waals surface area contributed by atoms with Gasteiger partial charge in [-0.05, 0) is 39.7 Å². The first kappa shape index (κ1) is 23.4. The molecule has 1 aliphatic rings. The van der Waals surface area contributed by atoms with Crippen LogP contribution in [0.3, 0.4) is 0 Å². The molecule has 1 saturated carbocycles. The number of aromatic nitrogens is 5. The fourth-order valence-corrected chi connectivity index (χ4v) is 4.31. The minimum Gasteiger partial charge on any atom is -0.361 e. The van der Waals surface area contributed by atoms with Crippen LogP contribution < -0.4 is 5.32 Å². The number of nitriles is 1. The van der Waals surface area contributed by atoms with Gasteiger partial charge in [0.2, 0.25) is 5.95 Å². The summed E-state index contributed by atoms with van der Waals surface area (Å²) in [6, 6.07) is 3.29. The Bertz CT molecular complexity index is 1210. The summed E-state index contributed by atoms with van der Waals surface area (Å²) in [5, 5.41) is 17.6. The molecule has 1 fully saturated rings. The van der Waals surface area contributed by atoms with Crippen LogP contribution in [0.25, 0.3) is 11.0 Å². The molecule has 3 heterocycles. The second-order valence-electron chi connectivity index (χ2n) is 10.6. The molecule has 4 rings (SSSR count). The summed E-state index contributed by atoms with van der Waals surface area (Å²) in [5.41, 5.74) is 1.93. The van der Waals surface area contributed by atoms with E-state index in [0.29, 0.717) is 29.3 Å². The van der Waals surface area contributed by atoms with E-state index in [1.165, 1.54) is 6.20 Å². The number of hydrogen-bond donors (Lipinski definition) is 1. The smallest absolute Gasteiger partial charge is 0.229 e. The number of nitrogens with zero attached hydrogens (tertiary/aromatic N) is 6. The van der Waals surface area contributed by atoms with E-state index in [0.717, 1.165) is 30.3 Å². The minimum absolute atomic E-state index is 0.246. The van der Waals surface area contributed by atoms with Crippen molar-refractivity contribution in [2.24, 2.45) is 0 Å². The standard InChI is InChI=1S/C23H32FN7OSi/c1-15-18(12-31(29-15)23(2,3)13-25)26-22-27-20(16-7-8-16)19-17(24)11-30(21(19)28-22)14-32-9-10-33(4,5)6/h11-12,16H,7-10,14H2,1-6H3,(H,26,27,28). The Morgan fingerprint density at radius 1 is 1.27 bits per heavy atom. The molecule has 3 aromatic heterocycles. The molecule has 0 saturated heterocycles. The van der Waals surface area contributed by atoms with Crippen LogP contribution in [0.4, 0.5) is 16.0 Å². The summed E-state index contributed by atoms with van der Waals surface area (Å²) in [4.78, 5) is 9.33. The Labute approximate surface area is 194 Å². The molecule has 33 heavy (non-hydrogen) atoms. The van der Waals surface area contributed by atoms with Gasteiger partial charge in [-0.2, -0.15) is 15.3 Å². The van der Waals surface area contributed by atoms with Crippen molar-refractivity contribution in [3.05, 3.63) is 29.6 Å². The van der Waals surface area contributed by atoms with Gasteiger partial charge in [0.15, 0.2) is 11.5 Å². The third kappa shape index (κ3) is 5.09. The summed E-state index contributed by atoms with van der Waals surface area (Å²) in [7, 11) is -1.20. The predicted molar refractivity (Wildman–Crippen MR) is 129 cm³/mol. The average Bonchev–Trinajstić information content (AvgIpc) is 3.45. The van der Waals surface area contributed by atoms with E-state index in [2.05, 4.69) is 46.1 Å². The van der Waals surface area contributed by atoms with Crippen molar-refractivity contribution < 1.29 is 9.13 Å². The zero-order chi connectivity index (χ0) is 24.0. The van der Waals surface area contributed by atoms with Gasteiger partial charge in [-0.3, -0.25) is 4.68 Å². The Morgan fingerprint density at radius 3 is 2.64 bits per heavy atom. The molecule has 176 valence electrons. The lowest BCUT2D eigenvalue weighted by Gasteiger charge is -2.16. The van der Waals surface area contributed by atoms with Gasteiger partial charge in [0.25, 0.3) is 0 Å². The molecule has 1 aliphatic carbocycles. The molecule has 0 bridgehead atoms. The second-order valence-corrected chi connectivity index (χ2v) is 16.2. The lowest BCUT2D eigenvalue weighted by Crippen LogP contribution is -2.24. The van der Waals surface area contributed by atoms with Crippen LogP contribution >= 0.6 is 0 Å². The SMILES string of the molecule is Cc1nn(C(C)(C)C#N)cc1Nc1nc(C2CC2)c2c(F)cn(COCC[Si](C)(C)C)c2n1. The van der Waals surface area contributed by atoms with E-state index in [1.807, 2.05) is 6.92 Å². The molecule has 0 aromatic carbocycles. The molecule has 8 nitrogen and oxygen atoms in total. The number of hydrogen-bond acceptors (Lipinski definition) is 6. The lowest BCUT2D eigenvalue weighted by atomic mass is 10.1. The van der Waals surface area contributed by atoms with Crippen LogP contribution in [0, 0.1) is 24.1 Å². The highest BCUT2D eigenvalue weighted by molar-refractivity contribution is 6.76. The maximum atomic E-state index is 14.9. The van der Waals surface area contributed by atoms with Crippen molar-refractivity contribution in [3.63, 3.8) is 0 Å². The molecule has 0 radical (unpaired) electrons. The highest BCUT2D eigenvalue weighted by Gasteiger charge is 2.31. The normalized spacial score (nSPS) is 14.6. The number of anilines is 2. The van der Waals surface area contributed by atoms with Gasteiger partial charge >= 0.3 is 0 Å². The van der Waals surface area contributed by atoms with E-state index >= 15 is 0 Å². The number of ether oxygens (including phenoxy) is 1. The van der Waals surface area contributed by atoms with Gasteiger partial charge in [-0.15, -0.1) is 0 Å². The maximum absolute atomic E-state index is 14.9. The van der Waals surface area contributed by atoms with E-state index < -0.39 is 13.6 Å². The topological polar surface area (TPSA) is 93.6 Å². The van der Waals surface area contributed by atoms with Crippen molar-refractivity contribution >= 4 is 30.7 Å². The van der Waals surface area contributed by atoms with Gasteiger partial charge in [-0.1, -0.05) is 19.6 Å². The Kier molecular flexibility index (Phi) is 6.05. The molecule has 3 aromatic rings. The summed E-state index contributed by atoms with van der Waals surface area (Å²) in [6.45, 7) is 13.3. The van der Waals surface area contributed by atoms with Gasteiger partial charge < -0.3 is 14.6 Å². The van der Waals surface area contributed by atoms with Gasteiger partial charge in [0.1, 0.15) is 12.3 Å². The molecule has 0 amide bonds. The third-order valence-corrected chi connectivity index (χ3v) is 7.58. The van der Waals surface area contributed by atoms with E-state index in [9.17, 15) is 9.65 Å².